The van der Waals surface area contributed by atoms with Gasteiger partial charge >= 0.3 is 0 Å². The van der Waals surface area contributed by atoms with Gasteiger partial charge in [0, 0.05) is 29.6 Å². The average Bonchev–Trinajstić information content (AvgIpc) is 2.85. The highest BCUT2D eigenvalue weighted by atomic mass is 32.2. The minimum absolute atomic E-state index is 0.0469. The van der Waals surface area contributed by atoms with Crippen molar-refractivity contribution in [1.82, 2.24) is 5.32 Å². The Hall–Kier alpha value is -1.16. The summed E-state index contributed by atoms with van der Waals surface area (Å²) >= 11 is 1.77. The quantitative estimate of drug-likeness (QED) is 0.858. The van der Waals surface area contributed by atoms with Crippen molar-refractivity contribution in [2.75, 3.05) is 23.9 Å². The maximum Gasteiger partial charge on any atom is 0.251 e. The third kappa shape index (κ3) is 2.99. The van der Waals surface area contributed by atoms with Gasteiger partial charge in [0.15, 0.2) is 0 Å². The molecule has 4 heteroatoms. The Morgan fingerprint density at radius 2 is 2.39 bits per heavy atom. The Kier molecular flexibility index (Phi) is 4.53. The third-order valence-corrected chi connectivity index (χ3v) is 4.01. The highest BCUT2D eigenvalue weighted by Gasteiger charge is 2.15. The van der Waals surface area contributed by atoms with E-state index in [0.717, 1.165) is 30.7 Å². The summed E-state index contributed by atoms with van der Waals surface area (Å²) in [4.78, 5) is 12.1. The number of carbonyl (C=O) groups excluding carboxylic acids is 1. The molecule has 1 atom stereocenters. The molecule has 1 aromatic rings. The van der Waals surface area contributed by atoms with Gasteiger partial charge in [-0.2, -0.15) is 11.8 Å². The fraction of sp³-hybridized carbons (Fsp3) is 0.500. The molecule has 98 valence electrons. The van der Waals surface area contributed by atoms with Crippen LogP contribution in [-0.2, 0) is 6.42 Å². The SMILES string of the molecule is CCC(CSC)NC(=O)c1ccc2c(c1)CCN2. The van der Waals surface area contributed by atoms with Crippen LogP contribution in [0.15, 0.2) is 18.2 Å². The molecular weight excluding hydrogens is 244 g/mol. The van der Waals surface area contributed by atoms with Gasteiger partial charge in [-0.3, -0.25) is 4.79 Å². The van der Waals surface area contributed by atoms with Crippen molar-refractivity contribution in [3.8, 4) is 0 Å². The molecule has 0 bridgehead atoms. The van der Waals surface area contributed by atoms with Crippen molar-refractivity contribution in [2.24, 2.45) is 0 Å². The number of anilines is 1. The summed E-state index contributed by atoms with van der Waals surface area (Å²) in [6.45, 7) is 3.08. The number of thioether (sulfide) groups is 1. The summed E-state index contributed by atoms with van der Waals surface area (Å²) in [5.74, 6) is 1.01. The topological polar surface area (TPSA) is 41.1 Å². The summed E-state index contributed by atoms with van der Waals surface area (Å²) in [6, 6.07) is 6.18. The van der Waals surface area contributed by atoms with Crippen molar-refractivity contribution in [3.63, 3.8) is 0 Å². The van der Waals surface area contributed by atoms with Gasteiger partial charge in [-0.05, 0) is 42.9 Å². The van der Waals surface area contributed by atoms with Crippen LogP contribution in [0.5, 0.6) is 0 Å². The molecule has 2 rings (SSSR count). The van der Waals surface area contributed by atoms with Crippen LogP contribution in [0.25, 0.3) is 0 Å². The van der Waals surface area contributed by atoms with E-state index in [2.05, 4.69) is 23.8 Å². The molecule has 2 N–H and O–H groups in total. The minimum atomic E-state index is 0.0469. The number of benzene rings is 1. The standard InChI is InChI=1S/C14H20N2OS/c1-3-12(9-18-2)16-14(17)11-4-5-13-10(8-11)6-7-15-13/h4-5,8,12,15H,3,6-7,9H2,1-2H3,(H,16,17). The van der Waals surface area contributed by atoms with Crippen LogP contribution in [-0.4, -0.2) is 30.5 Å². The Bertz CT molecular complexity index is 434. The molecule has 0 spiro atoms. The Morgan fingerprint density at radius 1 is 1.56 bits per heavy atom. The smallest absolute Gasteiger partial charge is 0.251 e. The molecule has 0 aromatic heterocycles. The first-order chi connectivity index (χ1) is 8.74. The molecule has 1 aliphatic heterocycles. The van der Waals surface area contributed by atoms with Crippen molar-refractivity contribution < 1.29 is 4.79 Å². The number of fused-ring (bicyclic) bond motifs is 1. The summed E-state index contributed by atoms with van der Waals surface area (Å²) in [6.07, 6.45) is 4.05. The molecule has 0 saturated heterocycles. The Balaban J connectivity index is 2.04. The molecule has 0 radical (unpaired) electrons. The van der Waals surface area contributed by atoms with Gasteiger partial charge in [0.1, 0.15) is 0 Å². The number of nitrogens with one attached hydrogen (secondary N) is 2. The van der Waals surface area contributed by atoms with E-state index >= 15 is 0 Å². The number of amides is 1. The van der Waals surface area contributed by atoms with Crippen LogP contribution in [0.1, 0.15) is 29.3 Å². The maximum atomic E-state index is 12.1. The van der Waals surface area contributed by atoms with E-state index in [4.69, 9.17) is 0 Å². The van der Waals surface area contributed by atoms with Crippen LogP contribution in [0.2, 0.25) is 0 Å². The summed E-state index contributed by atoms with van der Waals surface area (Å²) < 4.78 is 0. The highest BCUT2D eigenvalue weighted by Crippen LogP contribution is 2.23. The lowest BCUT2D eigenvalue weighted by atomic mass is 10.1. The molecule has 0 fully saturated rings. The van der Waals surface area contributed by atoms with Gasteiger partial charge < -0.3 is 10.6 Å². The lowest BCUT2D eigenvalue weighted by Gasteiger charge is -2.16. The molecule has 0 aliphatic carbocycles. The van der Waals surface area contributed by atoms with Crippen LogP contribution in [0.3, 0.4) is 0 Å². The van der Waals surface area contributed by atoms with Crippen LogP contribution in [0.4, 0.5) is 5.69 Å². The first-order valence-corrected chi connectivity index (χ1v) is 7.80. The molecule has 1 aliphatic rings. The van der Waals surface area contributed by atoms with Crippen LogP contribution in [0, 0.1) is 0 Å². The first kappa shape index (κ1) is 13.3. The van der Waals surface area contributed by atoms with E-state index < -0.39 is 0 Å². The Morgan fingerprint density at radius 3 is 3.11 bits per heavy atom. The summed E-state index contributed by atoms with van der Waals surface area (Å²) in [5, 5.41) is 6.40. The van der Waals surface area contributed by atoms with Crippen molar-refractivity contribution in [2.45, 2.75) is 25.8 Å². The minimum Gasteiger partial charge on any atom is -0.384 e. The van der Waals surface area contributed by atoms with E-state index in [1.165, 1.54) is 11.3 Å². The molecule has 1 aromatic carbocycles. The van der Waals surface area contributed by atoms with Gasteiger partial charge in [0.05, 0.1) is 0 Å². The predicted molar refractivity (Wildman–Crippen MR) is 78.6 cm³/mol. The van der Waals surface area contributed by atoms with Crippen LogP contribution >= 0.6 is 11.8 Å². The molecule has 1 unspecified atom stereocenters. The van der Waals surface area contributed by atoms with Gasteiger partial charge in [0.2, 0.25) is 0 Å². The number of carbonyl (C=O) groups is 1. The van der Waals surface area contributed by atoms with Gasteiger partial charge in [0.25, 0.3) is 5.91 Å². The molecule has 18 heavy (non-hydrogen) atoms. The van der Waals surface area contributed by atoms with Gasteiger partial charge in [-0.15, -0.1) is 0 Å². The van der Waals surface area contributed by atoms with Gasteiger partial charge in [-0.1, -0.05) is 6.92 Å². The maximum absolute atomic E-state index is 12.1. The number of hydrogen-bond acceptors (Lipinski definition) is 3. The van der Waals surface area contributed by atoms with E-state index in [9.17, 15) is 4.79 Å². The van der Waals surface area contributed by atoms with Crippen molar-refractivity contribution in [3.05, 3.63) is 29.3 Å². The third-order valence-electron chi connectivity index (χ3n) is 3.27. The van der Waals surface area contributed by atoms with Crippen LogP contribution < -0.4 is 10.6 Å². The largest absolute Gasteiger partial charge is 0.384 e. The van der Waals surface area contributed by atoms with Crippen molar-refractivity contribution in [1.29, 1.82) is 0 Å². The molecule has 1 amide bonds. The van der Waals surface area contributed by atoms with Crippen molar-refractivity contribution >= 4 is 23.4 Å². The number of rotatable bonds is 5. The average molecular weight is 264 g/mol. The lowest BCUT2D eigenvalue weighted by molar-refractivity contribution is 0.0940. The second-order valence-corrected chi connectivity index (χ2v) is 5.49. The first-order valence-electron chi connectivity index (χ1n) is 6.41. The fourth-order valence-electron chi connectivity index (χ4n) is 2.18. The van der Waals surface area contributed by atoms with E-state index in [0.29, 0.717) is 0 Å². The molecular formula is C14H20N2OS. The summed E-state index contributed by atoms with van der Waals surface area (Å²) in [5.41, 5.74) is 3.19. The van der Waals surface area contributed by atoms with E-state index in [-0.39, 0.29) is 11.9 Å². The zero-order valence-electron chi connectivity index (χ0n) is 11.0. The Labute approximate surface area is 113 Å². The van der Waals surface area contributed by atoms with Gasteiger partial charge in [-0.25, -0.2) is 0 Å². The normalized spacial score (nSPS) is 14.8. The zero-order valence-corrected chi connectivity index (χ0v) is 11.8. The molecule has 1 heterocycles. The fourth-order valence-corrected chi connectivity index (χ4v) is 2.90. The lowest BCUT2D eigenvalue weighted by Crippen LogP contribution is -2.36. The second-order valence-electron chi connectivity index (χ2n) is 4.58. The molecule has 0 saturated carbocycles. The monoisotopic (exact) mass is 264 g/mol. The molecule has 3 nitrogen and oxygen atoms in total. The highest BCUT2D eigenvalue weighted by molar-refractivity contribution is 7.98. The number of hydrogen-bond donors (Lipinski definition) is 2. The summed E-state index contributed by atoms with van der Waals surface area (Å²) in [7, 11) is 0. The van der Waals surface area contributed by atoms with E-state index in [1.807, 2.05) is 18.2 Å². The van der Waals surface area contributed by atoms with E-state index in [1.54, 1.807) is 11.8 Å². The zero-order chi connectivity index (χ0) is 13.0. The second kappa shape index (κ2) is 6.14. The predicted octanol–water partition coefficient (Wildman–Crippen LogP) is 2.53.